The van der Waals surface area contributed by atoms with Gasteiger partial charge in [0.05, 0.1) is 0 Å². The summed E-state index contributed by atoms with van der Waals surface area (Å²) in [6, 6.07) is 44.3. The SMILES string of the molecule is Cc1ccccc1-c1c(P(c2ccccc2)c2ccccc2)sc2ccc3ccccc3c12. The van der Waals surface area contributed by atoms with Gasteiger partial charge in [0.2, 0.25) is 0 Å². The molecule has 0 atom stereocenters. The predicted octanol–water partition coefficient (Wildman–Crippen LogP) is 7.79. The number of thiophene rings is 1. The molecule has 0 spiro atoms. The van der Waals surface area contributed by atoms with Gasteiger partial charge in [0, 0.05) is 20.3 Å². The highest BCUT2D eigenvalue weighted by Gasteiger charge is 2.26. The van der Waals surface area contributed by atoms with Gasteiger partial charge >= 0.3 is 0 Å². The molecular formula is C31H23PS. The van der Waals surface area contributed by atoms with E-state index in [1.807, 2.05) is 11.3 Å². The van der Waals surface area contributed by atoms with Crippen LogP contribution in [0.1, 0.15) is 5.56 Å². The maximum Gasteiger partial charge on any atom is 0.0459 e. The molecule has 0 bridgehead atoms. The molecule has 158 valence electrons. The lowest BCUT2D eigenvalue weighted by Crippen LogP contribution is -2.19. The average Bonchev–Trinajstić information content (AvgIpc) is 3.25. The van der Waals surface area contributed by atoms with Gasteiger partial charge in [-0.25, -0.2) is 0 Å². The molecule has 1 heterocycles. The topological polar surface area (TPSA) is 0 Å². The van der Waals surface area contributed by atoms with Crippen molar-refractivity contribution in [1.82, 2.24) is 0 Å². The van der Waals surface area contributed by atoms with Gasteiger partial charge in [0.25, 0.3) is 0 Å². The molecule has 33 heavy (non-hydrogen) atoms. The van der Waals surface area contributed by atoms with E-state index in [1.54, 1.807) is 0 Å². The number of hydrogen-bond donors (Lipinski definition) is 0. The molecule has 5 aromatic carbocycles. The van der Waals surface area contributed by atoms with Crippen LogP contribution in [0.3, 0.4) is 0 Å². The molecule has 6 aromatic rings. The zero-order valence-corrected chi connectivity index (χ0v) is 20.1. The number of fused-ring (bicyclic) bond motifs is 3. The van der Waals surface area contributed by atoms with Crippen molar-refractivity contribution in [3.63, 3.8) is 0 Å². The molecule has 0 saturated carbocycles. The maximum atomic E-state index is 2.32. The minimum absolute atomic E-state index is 0.686. The molecule has 0 aliphatic carbocycles. The number of hydrogen-bond acceptors (Lipinski definition) is 1. The van der Waals surface area contributed by atoms with Crippen molar-refractivity contribution >= 4 is 55.3 Å². The predicted molar refractivity (Wildman–Crippen MR) is 148 cm³/mol. The van der Waals surface area contributed by atoms with Crippen molar-refractivity contribution in [2.45, 2.75) is 6.92 Å². The third-order valence-corrected chi connectivity index (χ3v) is 10.2. The van der Waals surface area contributed by atoms with Crippen LogP contribution in [-0.4, -0.2) is 0 Å². The van der Waals surface area contributed by atoms with Crippen LogP contribution in [0.4, 0.5) is 0 Å². The molecule has 0 N–H and O–H groups in total. The van der Waals surface area contributed by atoms with Crippen LogP contribution in [-0.2, 0) is 0 Å². The minimum atomic E-state index is -0.686. The molecule has 0 unspecified atom stereocenters. The van der Waals surface area contributed by atoms with E-state index in [4.69, 9.17) is 0 Å². The van der Waals surface area contributed by atoms with Crippen molar-refractivity contribution in [2.75, 3.05) is 0 Å². The Balaban J connectivity index is 1.76. The second-order valence-electron chi connectivity index (χ2n) is 8.26. The summed E-state index contributed by atoms with van der Waals surface area (Å²) < 4.78 is 2.84. The Morgan fingerprint density at radius 3 is 1.88 bits per heavy atom. The molecule has 2 heteroatoms. The summed E-state index contributed by atoms with van der Waals surface area (Å²) in [4.78, 5) is 0. The van der Waals surface area contributed by atoms with Crippen LogP contribution in [0.2, 0.25) is 0 Å². The molecule has 0 nitrogen and oxygen atoms in total. The lowest BCUT2D eigenvalue weighted by atomic mass is 9.97. The first-order valence-electron chi connectivity index (χ1n) is 11.2. The highest BCUT2D eigenvalue weighted by atomic mass is 32.1. The molecule has 0 saturated heterocycles. The van der Waals surface area contributed by atoms with Crippen LogP contribution in [0.25, 0.3) is 32.0 Å². The van der Waals surface area contributed by atoms with E-state index < -0.39 is 7.92 Å². The number of rotatable bonds is 4. The lowest BCUT2D eigenvalue weighted by molar-refractivity contribution is 1.48. The maximum absolute atomic E-state index is 2.32. The van der Waals surface area contributed by atoms with Crippen LogP contribution in [0.15, 0.2) is 121 Å². The zero-order chi connectivity index (χ0) is 22.2. The normalized spacial score (nSPS) is 11.5. The Bertz CT molecular complexity index is 1530. The average molecular weight is 459 g/mol. The van der Waals surface area contributed by atoms with E-state index >= 15 is 0 Å². The summed E-state index contributed by atoms with van der Waals surface area (Å²) in [5.41, 5.74) is 4.07. The monoisotopic (exact) mass is 458 g/mol. The second-order valence-corrected chi connectivity index (χ2v) is 11.8. The van der Waals surface area contributed by atoms with Crippen molar-refractivity contribution < 1.29 is 0 Å². The largest absolute Gasteiger partial charge is 0.134 e. The molecule has 0 amide bonds. The Hall–Kier alpha value is -3.25. The van der Waals surface area contributed by atoms with Gasteiger partial charge < -0.3 is 0 Å². The Kier molecular flexibility index (Phi) is 5.30. The molecule has 0 aliphatic heterocycles. The second kappa shape index (κ2) is 8.60. The summed E-state index contributed by atoms with van der Waals surface area (Å²) in [5, 5.41) is 6.82. The number of benzene rings is 5. The minimum Gasteiger partial charge on any atom is -0.134 e. The zero-order valence-electron chi connectivity index (χ0n) is 18.4. The van der Waals surface area contributed by atoms with E-state index in [-0.39, 0.29) is 0 Å². The van der Waals surface area contributed by atoms with E-state index in [2.05, 4.69) is 128 Å². The summed E-state index contributed by atoms with van der Waals surface area (Å²) in [5.74, 6) is 0. The van der Waals surface area contributed by atoms with Crippen molar-refractivity contribution in [2.24, 2.45) is 0 Å². The van der Waals surface area contributed by atoms with Gasteiger partial charge in [-0.05, 0) is 53.4 Å². The van der Waals surface area contributed by atoms with E-state index in [0.29, 0.717) is 0 Å². The smallest absolute Gasteiger partial charge is 0.0459 e. The van der Waals surface area contributed by atoms with E-state index in [0.717, 1.165) is 0 Å². The fourth-order valence-corrected chi connectivity index (χ4v) is 9.08. The van der Waals surface area contributed by atoms with Gasteiger partial charge in [-0.2, -0.15) is 0 Å². The van der Waals surface area contributed by atoms with Gasteiger partial charge in [-0.1, -0.05) is 115 Å². The third-order valence-electron chi connectivity index (χ3n) is 6.21. The summed E-state index contributed by atoms with van der Waals surface area (Å²) in [6.07, 6.45) is 0. The first-order chi connectivity index (χ1) is 16.3. The quantitative estimate of drug-likeness (QED) is 0.237. The van der Waals surface area contributed by atoms with Gasteiger partial charge in [0.15, 0.2) is 0 Å². The Morgan fingerprint density at radius 2 is 1.18 bits per heavy atom. The highest BCUT2D eigenvalue weighted by Crippen LogP contribution is 2.46. The molecule has 1 aromatic heterocycles. The van der Waals surface area contributed by atoms with Gasteiger partial charge in [-0.3, -0.25) is 0 Å². The van der Waals surface area contributed by atoms with Crippen molar-refractivity contribution in [1.29, 1.82) is 0 Å². The third kappa shape index (κ3) is 3.59. The summed E-state index contributed by atoms with van der Waals surface area (Å²) in [7, 11) is -0.686. The molecule has 0 fully saturated rings. The molecule has 0 aliphatic rings. The Morgan fingerprint density at radius 1 is 0.576 bits per heavy atom. The van der Waals surface area contributed by atoms with E-state index in [9.17, 15) is 0 Å². The summed E-state index contributed by atoms with van der Waals surface area (Å²) in [6.45, 7) is 2.24. The van der Waals surface area contributed by atoms with Crippen molar-refractivity contribution in [3.05, 3.63) is 127 Å². The first-order valence-corrected chi connectivity index (χ1v) is 13.4. The Labute approximate surface area is 199 Å². The standard InChI is InChI=1S/C31H23PS/c1-22-12-8-10-18-26(22)30-29-27-19-11-9-13-23(27)20-21-28(29)33-31(30)32(24-14-4-2-5-15-24)25-16-6-3-7-17-25/h2-21H,1H3. The van der Waals surface area contributed by atoms with Crippen LogP contribution in [0, 0.1) is 6.92 Å². The number of aryl methyl sites for hydroxylation is 1. The van der Waals surface area contributed by atoms with Crippen LogP contribution < -0.4 is 15.2 Å². The lowest BCUT2D eigenvalue weighted by Gasteiger charge is -2.20. The first kappa shape index (κ1) is 20.4. The van der Waals surface area contributed by atoms with Crippen LogP contribution in [0.5, 0.6) is 0 Å². The fourth-order valence-electron chi connectivity index (χ4n) is 4.66. The highest BCUT2D eigenvalue weighted by molar-refractivity contribution is 7.84. The fraction of sp³-hybridized carbons (Fsp3) is 0.0323. The molecule has 0 radical (unpaired) electrons. The summed E-state index contributed by atoms with van der Waals surface area (Å²) >= 11 is 1.97. The molecular weight excluding hydrogens is 435 g/mol. The van der Waals surface area contributed by atoms with Gasteiger partial charge in [0.1, 0.15) is 0 Å². The van der Waals surface area contributed by atoms with Crippen LogP contribution >= 0.6 is 19.3 Å². The van der Waals surface area contributed by atoms with Gasteiger partial charge in [-0.15, -0.1) is 11.3 Å². The van der Waals surface area contributed by atoms with Crippen molar-refractivity contribution in [3.8, 4) is 11.1 Å². The van der Waals surface area contributed by atoms with E-state index in [1.165, 1.54) is 52.8 Å². The molecule has 6 rings (SSSR count).